The Bertz CT molecular complexity index is 472. The van der Waals surface area contributed by atoms with Crippen molar-refractivity contribution >= 4 is 5.91 Å². The van der Waals surface area contributed by atoms with Crippen molar-refractivity contribution in [2.45, 2.75) is 46.0 Å². The lowest BCUT2D eigenvalue weighted by molar-refractivity contribution is -0.274. The molecule has 0 heterocycles. The van der Waals surface area contributed by atoms with Gasteiger partial charge < -0.3 is 10.1 Å². The molecule has 0 radical (unpaired) electrons. The van der Waals surface area contributed by atoms with Gasteiger partial charge in [-0.25, -0.2) is 0 Å². The van der Waals surface area contributed by atoms with Crippen molar-refractivity contribution in [3.63, 3.8) is 0 Å². The third-order valence-corrected chi connectivity index (χ3v) is 2.92. The van der Waals surface area contributed by atoms with Crippen molar-refractivity contribution < 1.29 is 22.7 Å². The van der Waals surface area contributed by atoms with E-state index in [1.54, 1.807) is 13.0 Å². The maximum Gasteiger partial charge on any atom is 0.573 e. The molecule has 1 N–H and O–H groups in total. The first-order chi connectivity index (χ1) is 9.67. The topological polar surface area (TPSA) is 38.3 Å². The summed E-state index contributed by atoms with van der Waals surface area (Å²) in [6.07, 6.45) is -3.54. The Labute approximate surface area is 122 Å². The van der Waals surface area contributed by atoms with Crippen LogP contribution in [0, 0.1) is 5.92 Å². The lowest BCUT2D eigenvalue weighted by atomic mass is 10.1. The van der Waals surface area contributed by atoms with Crippen molar-refractivity contribution in [3.05, 3.63) is 29.8 Å². The van der Waals surface area contributed by atoms with Crippen LogP contribution in [0.4, 0.5) is 13.2 Å². The summed E-state index contributed by atoms with van der Waals surface area (Å²) in [5.41, 5.74) is 0.564. The van der Waals surface area contributed by atoms with E-state index in [1.807, 2.05) is 13.8 Å². The first-order valence-corrected chi connectivity index (χ1v) is 6.82. The highest BCUT2D eigenvalue weighted by molar-refractivity contribution is 5.76. The first-order valence-electron chi connectivity index (χ1n) is 6.82. The van der Waals surface area contributed by atoms with Gasteiger partial charge in [0.15, 0.2) is 0 Å². The number of nitrogens with one attached hydrogen (secondary N) is 1. The second kappa shape index (κ2) is 7.33. The first kappa shape index (κ1) is 17.3. The summed E-state index contributed by atoms with van der Waals surface area (Å²) in [6, 6.07) is 5.25. The van der Waals surface area contributed by atoms with Gasteiger partial charge in [-0.2, -0.15) is 0 Å². The second-order valence-corrected chi connectivity index (χ2v) is 5.34. The summed E-state index contributed by atoms with van der Waals surface area (Å²) in [6.45, 7) is 5.77. The number of rotatable bonds is 6. The molecule has 0 fully saturated rings. The van der Waals surface area contributed by atoms with E-state index in [0.29, 0.717) is 17.9 Å². The average molecular weight is 303 g/mol. The maximum atomic E-state index is 12.2. The van der Waals surface area contributed by atoms with Crippen molar-refractivity contribution in [1.82, 2.24) is 5.32 Å². The Kier molecular flexibility index (Phi) is 6.05. The minimum atomic E-state index is -4.72. The summed E-state index contributed by atoms with van der Waals surface area (Å²) in [4.78, 5) is 11.7. The molecule has 21 heavy (non-hydrogen) atoms. The zero-order chi connectivity index (χ0) is 16.0. The van der Waals surface area contributed by atoms with E-state index in [-0.39, 0.29) is 17.7 Å². The summed E-state index contributed by atoms with van der Waals surface area (Å²) in [7, 11) is 0. The molecule has 118 valence electrons. The van der Waals surface area contributed by atoms with E-state index in [0.717, 1.165) is 6.42 Å². The Morgan fingerprint density at radius 3 is 2.52 bits per heavy atom. The fraction of sp³-hybridized carbons (Fsp3) is 0.533. The quantitative estimate of drug-likeness (QED) is 0.855. The van der Waals surface area contributed by atoms with Gasteiger partial charge in [0.2, 0.25) is 5.91 Å². The highest BCUT2D eigenvalue weighted by Crippen LogP contribution is 2.25. The van der Waals surface area contributed by atoms with E-state index < -0.39 is 6.36 Å². The van der Waals surface area contributed by atoms with Gasteiger partial charge in [-0.1, -0.05) is 26.0 Å². The summed E-state index contributed by atoms with van der Waals surface area (Å²) >= 11 is 0. The summed E-state index contributed by atoms with van der Waals surface area (Å²) in [5, 5.41) is 2.77. The predicted octanol–water partition coefficient (Wildman–Crippen LogP) is 4.20. The number of ether oxygens (including phenoxy) is 1. The van der Waals surface area contributed by atoms with Gasteiger partial charge in [0, 0.05) is 6.42 Å². The lowest BCUT2D eigenvalue weighted by Gasteiger charge is -2.16. The van der Waals surface area contributed by atoms with E-state index in [2.05, 4.69) is 10.1 Å². The van der Waals surface area contributed by atoms with Crippen LogP contribution in [-0.4, -0.2) is 12.3 Å². The normalized spacial score (nSPS) is 13.1. The number of amides is 1. The van der Waals surface area contributed by atoms with Crippen LogP contribution >= 0.6 is 0 Å². The van der Waals surface area contributed by atoms with Crippen LogP contribution in [0.15, 0.2) is 24.3 Å². The van der Waals surface area contributed by atoms with E-state index in [1.165, 1.54) is 18.2 Å². The smallest absolute Gasteiger partial charge is 0.406 e. The summed E-state index contributed by atoms with van der Waals surface area (Å²) in [5.74, 6) is 0.0243. The van der Waals surface area contributed by atoms with Crippen molar-refractivity contribution in [2.24, 2.45) is 5.92 Å². The Hall–Kier alpha value is -1.72. The fourth-order valence-electron chi connectivity index (χ4n) is 1.80. The van der Waals surface area contributed by atoms with E-state index in [9.17, 15) is 18.0 Å². The Morgan fingerprint density at radius 1 is 1.29 bits per heavy atom. The van der Waals surface area contributed by atoms with E-state index >= 15 is 0 Å². The molecule has 0 saturated heterocycles. The number of hydrogen-bond acceptors (Lipinski definition) is 2. The summed E-state index contributed by atoms with van der Waals surface area (Å²) < 4.78 is 40.4. The zero-order valence-corrected chi connectivity index (χ0v) is 12.3. The average Bonchev–Trinajstić information content (AvgIpc) is 2.34. The van der Waals surface area contributed by atoms with Crippen molar-refractivity contribution in [1.29, 1.82) is 0 Å². The van der Waals surface area contributed by atoms with Gasteiger partial charge >= 0.3 is 6.36 Å². The lowest BCUT2D eigenvalue weighted by Crippen LogP contribution is -2.26. The molecule has 0 spiro atoms. The molecular weight excluding hydrogens is 283 g/mol. The number of benzene rings is 1. The van der Waals surface area contributed by atoms with Crippen LogP contribution in [0.2, 0.25) is 0 Å². The molecule has 0 unspecified atom stereocenters. The monoisotopic (exact) mass is 303 g/mol. The molecule has 0 aliphatic rings. The third-order valence-electron chi connectivity index (χ3n) is 2.92. The fourth-order valence-corrected chi connectivity index (χ4v) is 1.80. The number of carbonyl (C=O) groups is 1. The van der Waals surface area contributed by atoms with E-state index in [4.69, 9.17) is 0 Å². The molecule has 0 aliphatic carbocycles. The van der Waals surface area contributed by atoms with Crippen LogP contribution in [0.3, 0.4) is 0 Å². The minimum absolute atomic E-state index is 0.113. The SMILES string of the molecule is CC(C)CCC(=O)N[C@@H](C)c1cccc(OC(F)(F)F)c1. The molecular formula is C15H20F3NO2. The molecule has 1 atom stereocenters. The largest absolute Gasteiger partial charge is 0.573 e. The van der Waals surface area contributed by atoms with Gasteiger partial charge in [-0.05, 0) is 37.0 Å². The number of hydrogen-bond donors (Lipinski definition) is 1. The van der Waals surface area contributed by atoms with Gasteiger partial charge in [-0.3, -0.25) is 4.79 Å². The molecule has 0 aliphatic heterocycles. The molecule has 0 bridgehead atoms. The van der Waals surface area contributed by atoms with Gasteiger partial charge in [-0.15, -0.1) is 13.2 Å². The van der Waals surface area contributed by atoms with Crippen molar-refractivity contribution in [2.75, 3.05) is 0 Å². The van der Waals surface area contributed by atoms with Crippen LogP contribution in [-0.2, 0) is 4.79 Å². The highest BCUT2D eigenvalue weighted by Gasteiger charge is 2.31. The van der Waals surface area contributed by atoms with Crippen LogP contribution in [0.5, 0.6) is 5.75 Å². The van der Waals surface area contributed by atoms with Gasteiger partial charge in [0.1, 0.15) is 5.75 Å². The highest BCUT2D eigenvalue weighted by atomic mass is 19.4. The molecule has 1 aromatic carbocycles. The Balaban J connectivity index is 2.63. The maximum absolute atomic E-state index is 12.2. The second-order valence-electron chi connectivity index (χ2n) is 5.34. The molecule has 6 heteroatoms. The van der Waals surface area contributed by atoms with Gasteiger partial charge in [0.25, 0.3) is 0 Å². The predicted molar refractivity (Wildman–Crippen MR) is 73.8 cm³/mol. The molecule has 1 rings (SSSR count). The third kappa shape index (κ3) is 7.02. The number of halogens is 3. The molecule has 0 aromatic heterocycles. The molecule has 1 aromatic rings. The van der Waals surface area contributed by atoms with Crippen LogP contribution in [0.25, 0.3) is 0 Å². The van der Waals surface area contributed by atoms with Crippen LogP contribution in [0.1, 0.15) is 45.2 Å². The molecule has 1 amide bonds. The number of alkyl halides is 3. The molecule has 0 saturated carbocycles. The number of carbonyl (C=O) groups excluding carboxylic acids is 1. The minimum Gasteiger partial charge on any atom is -0.406 e. The Morgan fingerprint density at radius 2 is 1.95 bits per heavy atom. The van der Waals surface area contributed by atoms with Crippen LogP contribution < -0.4 is 10.1 Å². The van der Waals surface area contributed by atoms with Gasteiger partial charge in [0.05, 0.1) is 6.04 Å². The zero-order valence-electron chi connectivity index (χ0n) is 12.3. The standard InChI is InChI=1S/C15H20F3NO2/c1-10(2)7-8-14(20)19-11(3)12-5-4-6-13(9-12)21-15(16,17)18/h4-6,9-11H,7-8H2,1-3H3,(H,19,20)/t11-/m0/s1. The van der Waals surface area contributed by atoms with Crippen molar-refractivity contribution in [3.8, 4) is 5.75 Å². The molecule has 3 nitrogen and oxygen atoms in total.